The van der Waals surface area contributed by atoms with E-state index in [0.29, 0.717) is 12.1 Å². The number of carbonyl (C=O) groups is 1. The highest BCUT2D eigenvalue weighted by Crippen LogP contribution is 2.17. The summed E-state index contributed by atoms with van der Waals surface area (Å²) in [6.07, 6.45) is -3.92. The molecule has 2 unspecified atom stereocenters. The second-order valence-corrected chi connectivity index (χ2v) is 6.47. The summed E-state index contributed by atoms with van der Waals surface area (Å²) in [5.41, 5.74) is 5.47. The van der Waals surface area contributed by atoms with Crippen LogP contribution in [-0.4, -0.2) is 52.2 Å². The Morgan fingerprint density at radius 3 is 2.50 bits per heavy atom. The smallest absolute Gasteiger partial charge is 0.197 e. The number of aliphatic hydroxyl groups excluding tert-OH is 3. The van der Waals surface area contributed by atoms with Crippen LogP contribution in [0.1, 0.15) is 18.1 Å². The Hall–Kier alpha value is -1.40. The van der Waals surface area contributed by atoms with Crippen molar-refractivity contribution in [2.75, 3.05) is 6.61 Å². The van der Waals surface area contributed by atoms with Gasteiger partial charge in [0, 0.05) is 10.5 Å². The van der Waals surface area contributed by atoms with Gasteiger partial charge in [0.15, 0.2) is 18.1 Å². The maximum Gasteiger partial charge on any atom is 0.197 e. The molecule has 8 nitrogen and oxygen atoms in total. The largest absolute Gasteiger partial charge is 0.394 e. The maximum absolute atomic E-state index is 11.7. The lowest BCUT2D eigenvalue weighted by Gasteiger charge is -2.34. The van der Waals surface area contributed by atoms with Crippen LogP contribution in [0.2, 0.25) is 0 Å². The van der Waals surface area contributed by atoms with Crippen molar-refractivity contribution >= 4 is 28.4 Å². The number of Topliss-reactive ketones (excluding diaryl/α,β-unsaturated/α-hetero) is 1. The minimum Gasteiger partial charge on any atom is -0.394 e. The van der Waals surface area contributed by atoms with Gasteiger partial charge in [-0.15, -0.1) is 5.11 Å². The van der Waals surface area contributed by atoms with Gasteiger partial charge in [0.05, 0.1) is 12.3 Å². The molecule has 0 spiro atoms. The number of nitrogens with zero attached hydrogens (tertiary/aromatic N) is 2. The number of aliphatic hydroxyl groups is 3. The summed E-state index contributed by atoms with van der Waals surface area (Å²) in [4.78, 5) is 11.7. The van der Waals surface area contributed by atoms with Crippen molar-refractivity contribution in [2.24, 2.45) is 10.3 Å². The van der Waals surface area contributed by atoms with Crippen molar-refractivity contribution < 1.29 is 24.9 Å². The molecule has 0 amide bonds. The molecule has 142 valence electrons. The molecular formula is C17H22IN3O5. The molecule has 1 saturated heterocycles. The molecule has 1 aromatic rings. The molecule has 4 N–H and O–H groups in total. The molecule has 0 saturated carbocycles. The van der Waals surface area contributed by atoms with Crippen molar-refractivity contribution in [3.8, 4) is 0 Å². The lowest BCUT2D eigenvalue weighted by atomic mass is 10.0. The Balaban J connectivity index is 1.95. The fourth-order valence-electron chi connectivity index (χ4n) is 2.44. The molecule has 1 fully saturated rings. The molecule has 0 aliphatic carbocycles. The second-order valence-electron chi connectivity index (χ2n) is 5.85. The maximum atomic E-state index is 11.7. The SMILES string of the molecule is CCc1ccc(CC(=C/I)/N=N\NC2OC(CO)[C@@H](O)C(=O)[C@H]2O)cc1. The Morgan fingerprint density at radius 2 is 1.92 bits per heavy atom. The molecule has 1 aliphatic rings. The van der Waals surface area contributed by atoms with Gasteiger partial charge in [-0.2, -0.15) is 0 Å². The summed E-state index contributed by atoms with van der Waals surface area (Å²) < 4.78 is 7.01. The predicted octanol–water partition coefficient (Wildman–Crippen LogP) is 1.03. The minimum atomic E-state index is -1.60. The molecule has 0 radical (unpaired) electrons. The Morgan fingerprint density at radius 1 is 1.27 bits per heavy atom. The topological polar surface area (TPSA) is 124 Å². The molecule has 9 heteroatoms. The Kier molecular flexibility index (Phi) is 8.10. The zero-order valence-electron chi connectivity index (χ0n) is 14.2. The lowest BCUT2D eigenvalue weighted by molar-refractivity contribution is -0.193. The molecular weight excluding hydrogens is 453 g/mol. The summed E-state index contributed by atoms with van der Waals surface area (Å²) >= 11 is 2.06. The van der Waals surface area contributed by atoms with Gasteiger partial charge < -0.3 is 20.1 Å². The zero-order chi connectivity index (χ0) is 19.1. The number of aryl methyl sites for hydroxylation is 1. The molecule has 0 bridgehead atoms. The number of carbonyl (C=O) groups excluding carboxylic acids is 1. The number of nitrogens with one attached hydrogen (secondary N) is 1. The Bertz CT molecular complexity index is 665. The monoisotopic (exact) mass is 475 g/mol. The first-order valence-electron chi connectivity index (χ1n) is 8.19. The second kappa shape index (κ2) is 10.1. The molecule has 2 rings (SSSR count). The van der Waals surface area contributed by atoms with Crippen LogP contribution in [0.4, 0.5) is 0 Å². The van der Waals surface area contributed by atoms with E-state index in [1.165, 1.54) is 5.56 Å². The van der Waals surface area contributed by atoms with Crippen LogP contribution >= 0.6 is 22.6 Å². The third-order valence-corrected chi connectivity index (χ3v) is 4.75. The van der Waals surface area contributed by atoms with Gasteiger partial charge in [0.25, 0.3) is 0 Å². The van der Waals surface area contributed by atoms with Crippen molar-refractivity contribution in [3.63, 3.8) is 0 Å². The van der Waals surface area contributed by atoms with Gasteiger partial charge in [-0.25, -0.2) is 0 Å². The summed E-state index contributed by atoms with van der Waals surface area (Å²) in [5, 5.41) is 36.4. The van der Waals surface area contributed by atoms with Gasteiger partial charge in [0.2, 0.25) is 0 Å². The van der Waals surface area contributed by atoms with Crippen LogP contribution in [-0.2, 0) is 22.4 Å². The number of hydrogen-bond acceptors (Lipinski definition) is 7. The summed E-state index contributed by atoms with van der Waals surface area (Å²) in [5.74, 6) is -0.830. The standard InChI is InChI=1S/C17H22IN3O5/c1-2-10-3-5-11(6-4-10)7-12(8-18)19-21-20-17-16(25)15(24)14(23)13(9-22)26-17/h3-6,8,13-14,16-17,22-23,25H,2,7,9H2,1H3,(H,19,20)/b12-8-/t13?,14-,16-,17?/m1/s1. The van der Waals surface area contributed by atoms with Crippen molar-refractivity contribution in [1.29, 1.82) is 0 Å². The highest BCUT2D eigenvalue weighted by Gasteiger charge is 2.43. The summed E-state index contributed by atoms with van der Waals surface area (Å²) in [7, 11) is 0. The molecule has 0 aromatic heterocycles. The quantitative estimate of drug-likeness (QED) is 0.266. The fraction of sp³-hybridized carbons (Fsp3) is 0.471. The van der Waals surface area contributed by atoms with E-state index in [1.54, 1.807) is 4.08 Å². The third kappa shape index (κ3) is 5.30. The van der Waals surface area contributed by atoms with E-state index in [1.807, 2.05) is 12.1 Å². The van der Waals surface area contributed by atoms with E-state index < -0.39 is 36.9 Å². The lowest BCUT2D eigenvalue weighted by Crippen LogP contribution is -2.59. The normalized spacial score (nSPS) is 27.1. The molecule has 1 heterocycles. The van der Waals surface area contributed by atoms with E-state index in [0.717, 1.165) is 12.0 Å². The van der Waals surface area contributed by atoms with Gasteiger partial charge in [0.1, 0.15) is 12.2 Å². The summed E-state index contributed by atoms with van der Waals surface area (Å²) in [6.45, 7) is 1.54. The number of hydrogen-bond donors (Lipinski definition) is 4. The van der Waals surface area contributed by atoms with Gasteiger partial charge in [-0.1, -0.05) is 59.0 Å². The summed E-state index contributed by atoms with van der Waals surface area (Å²) in [6, 6.07) is 8.19. The van der Waals surface area contributed by atoms with E-state index in [2.05, 4.69) is 57.4 Å². The predicted molar refractivity (Wildman–Crippen MR) is 102 cm³/mol. The van der Waals surface area contributed by atoms with E-state index in [-0.39, 0.29) is 0 Å². The van der Waals surface area contributed by atoms with Crippen molar-refractivity contribution in [2.45, 2.75) is 44.3 Å². The van der Waals surface area contributed by atoms with Gasteiger partial charge in [-0.3, -0.25) is 10.2 Å². The molecule has 4 atom stereocenters. The zero-order valence-corrected chi connectivity index (χ0v) is 16.4. The number of allylic oxidation sites excluding steroid dienone is 1. The number of ketones is 1. The van der Waals surface area contributed by atoms with Crippen molar-refractivity contribution in [1.82, 2.24) is 5.43 Å². The first kappa shape index (κ1) is 20.9. The average molecular weight is 475 g/mol. The van der Waals surface area contributed by atoms with Crippen LogP contribution in [0.15, 0.2) is 44.4 Å². The van der Waals surface area contributed by atoms with Crippen LogP contribution in [0.5, 0.6) is 0 Å². The number of benzene rings is 1. The van der Waals surface area contributed by atoms with Crippen molar-refractivity contribution in [3.05, 3.63) is 45.2 Å². The van der Waals surface area contributed by atoms with Gasteiger partial charge >= 0.3 is 0 Å². The highest BCUT2D eigenvalue weighted by atomic mass is 127. The number of rotatable bonds is 7. The minimum absolute atomic E-state index is 0.554. The highest BCUT2D eigenvalue weighted by molar-refractivity contribution is 14.1. The average Bonchev–Trinajstić information content (AvgIpc) is 2.67. The third-order valence-electron chi connectivity index (χ3n) is 4.03. The Labute approximate surface area is 165 Å². The number of halogens is 1. The molecule has 1 aromatic carbocycles. The number of ether oxygens (including phenoxy) is 1. The first-order valence-corrected chi connectivity index (χ1v) is 9.44. The van der Waals surface area contributed by atoms with Crippen LogP contribution < -0.4 is 5.43 Å². The van der Waals surface area contributed by atoms with Crippen LogP contribution in [0.3, 0.4) is 0 Å². The van der Waals surface area contributed by atoms with Crippen LogP contribution in [0, 0.1) is 0 Å². The first-order chi connectivity index (χ1) is 12.5. The van der Waals surface area contributed by atoms with E-state index >= 15 is 0 Å². The van der Waals surface area contributed by atoms with E-state index in [9.17, 15) is 15.0 Å². The van der Waals surface area contributed by atoms with Gasteiger partial charge in [-0.05, 0) is 17.5 Å². The fourth-order valence-corrected chi connectivity index (χ4v) is 2.78. The van der Waals surface area contributed by atoms with E-state index in [4.69, 9.17) is 9.84 Å². The van der Waals surface area contributed by atoms with Crippen LogP contribution in [0.25, 0.3) is 0 Å². The molecule has 1 aliphatic heterocycles. The molecule has 26 heavy (non-hydrogen) atoms.